The van der Waals surface area contributed by atoms with Gasteiger partial charge in [-0.2, -0.15) is 5.26 Å². The molecule has 0 aromatic heterocycles. The summed E-state index contributed by atoms with van der Waals surface area (Å²) in [5, 5.41) is 12.0. The molecule has 0 heterocycles. The third-order valence-electron chi connectivity index (χ3n) is 4.16. The number of carbonyl (C=O) groups is 2. The van der Waals surface area contributed by atoms with Gasteiger partial charge in [0.2, 0.25) is 0 Å². The summed E-state index contributed by atoms with van der Waals surface area (Å²) in [6, 6.07) is 9.18. The van der Waals surface area contributed by atoms with Crippen LogP contribution in [0.25, 0.3) is 0 Å². The lowest BCUT2D eigenvalue weighted by Gasteiger charge is -2.31. The van der Waals surface area contributed by atoms with Gasteiger partial charge >= 0.3 is 5.97 Å². The molecule has 1 saturated carbocycles. The van der Waals surface area contributed by atoms with Crippen LogP contribution < -0.4 is 14.8 Å². The van der Waals surface area contributed by atoms with E-state index in [0.717, 1.165) is 19.3 Å². The maximum Gasteiger partial charge on any atom is 0.344 e. The zero-order valence-corrected chi connectivity index (χ0v) is 15.0. The van der Waals surface area contributed by atoms with Gasteiger partial charge in [-0.15, -0.1) is 0 Å². The molecular weight excluding hydrogens is 336 g/mol. The molecule has 0 bridgehead atoms. The van der Waals surface area contributed by atoms with Crippen LogP contribution in [0.1, 0.15) is 39.0 Å². The highest BCUT2D eigenvalue weighted by molar-refractivity contribution is 5.81. The molecule has 1 N–H and O–H groups in total. The number of benzene rings is 1. The van der Waals surface area contributed by atoms with Crippen LogP contribution in [0.2, 0.25) is 0 Å². The van der Waals surface area contributed by atoms with Crippen molar-refractivity contribution in [2.24, 2.45) is 0 Å². The largest absolute Gasteiger partial charge is 0.490 e. The molecule has 140 valence electrons. The van der Waals surface area contributed by atoms with Gasteiger partial charge in [0.25, 0.3) is 5.91 Å². The second-order valence-electron chi connectivity index (χ2n) is 6.13. The monoisotopic (exact) mass is 360 g/mol. The van der Waals surface area contributed by atoms with E-state index in [2.05, 4.69) is 11.4 Å². The molecule has 7 nitrogen and oxygen atoms in total. The zero-order chi connectivity index (χ0) is 18.8. The Hall–Kier alpha value is -2.75. The van der Waals surface area contributed by atoms with Gasteiger partial charge < -0.3 is 19.5 Å². The Kier molecular flexibility index (Phi) is 7.27. The van der Waals surface area contributed by atoms with E-state index >= 15 is 0 Å². The molecule has 1 aromatic carbocycles. The Bertz CT molecular complexity index is 662. The lowest BCUT2D eigenvalue weighted by Crippen LogP contribution is -2.50. The van der Waals surface area contributed by atoms with Crippen LogP contribution in [0.3, 0.4) is 0 Å². The second kappa shape index (κ2) is 9.66. The van der Waals surface area contributed by atoms with Crippen LogP contribution in [-0.2, 0) is 14.3 Å². The summed E-state index contributed by atoms with van der Waals surface area (Å²) < 4.78 is 15.7. The highest BCUT2D eigenvalue weighted by Gasteiger charge is 2.33. The van der Waals surface area contributed by atoms with Gasteiger partial charge in [0.15, 0.2) is 24.7 Å². The van der Waals surface area contributed by atoms with Crippen molar-refractivity contribution in [2.45, 2.75) is 44.6 Å². The van der Waals surface area contributed by atoms with Crippen molar-refractivity contribution in [3.05, 3.63) is 24.3 Å². The summed E-state index contributed by atoms with van der Waals surface area (Å²) in [7, 11) is 0. The van der Waals surface area contributed by atoms with Crippen LogP contribution in [0.5, 0.6) is 11.5 Å². The molecule has 0 unspecified atom stereocenters. The van der Waals surface area contributed by atoms with E-state index in [1.54, 1.807) is 24.3 Å². The minimum absolute atomic E-state index is 0.333. The lowest BCUT2D eigenvalue weighted by molar-refractivity contribution is -0.150. The highest BCUT2D eigenvalue weighted by Crippen LogP contribution is 2.27. The average Bonchev–Trinajstić information content (AvgIpc) is 2.66. The van der Waals surface area contributed by atoms with E-state index in [4.69, 9.17) is 14.2 Å². The molecule has 2 rings (SSSR count). The van der Waals surface area contributed by atoms with Crippen molar-refractivity contribution >= 4 is 11.9 Å². The van der Waals surface area contributed by atoms with E-state index in [-0.39, 0.29) is 6.61 Å². The number of ether oxygens (including phenoxy) is 3. The number of nitrogens with one attached hydrogen (secondary N) is 1. The molecule has 1 aliphatic rings. The van der Waals surface area contributed by atoms with Crippen molar-refractivity contribution in [1.29, 1.82) is 5.26 Å². The Morgan fingerprint density at radius 2 is 1.77 bits per heavy atom. The van der Waals surface area contributed by atoms with Crippen molar-refractivity contribution in [3.8, 4) is 17.6 Å². The Labute approximate surface area is 153 Å². The lowest BCUT2D eigenvalue weighted by atomic mass is 9.83. The van der Waals surface area contributed by atoms with Crippen LogP contribution in [-0.4, -0.2) is 37.2 Å². The molecule has 0 atom stereocenters. The first-order chi connectivity index (χ1) is 12.6. The van der Waals surface area contributed by atoms with E-state index < -0.39 is 24.0 Å². The highest BCUT2D eigenvalue weighted by atomic mass is 16.6. The number of hydrogen-bond acceptors (Lipinski definition) is 6. The number of rotatable bonds is 8. The summed E-state index contributed by atoms with van der Waals surface area (Å²) in [6.45, 7) is 1.56. The van der Waals surface area contributed by atoms with Crippen LogP contribution in [0.15, 0.2) is 24.3 Å². The van der Waals surface area contributed by atoms with Gasteiger partial charge in [-0.05, 0) is 31.9 Å². The Morgan fingerprint density at radius 3 is 2.38 bits per heavy atom. The van der Waals surface area contributed by atoms with Gasteiger partial charge in [0.1, 0.15) is 5.54 Å². The maximum absolute atomic E-state index is 12.0. The zero-order valence-electron chi connectivity index (χ0n) is 15.0. The SMILES string of the molecule is CCOc1ccccc1OCC(=O)OCC(=O)NC1(C#N)CCCCC1. The molecule has 1 fully saturated rings. The minimum atomic E-state index is -0.839. The second-order valence-corrected chi connectivity index (χ2v) is 6.13. The molecule has 0 saturated heterocycles. The normalized spacial score (nSPS) is 15.4. The van der Waals surface area contributed by atoms with Crippen molar-refractivity contribution in [2.75, 3.05) is 19.8 Å². The minimum Gasteiger partial charge on any atom is -0.490 e. The third kappa shape index (κ3) is 5.66. The number of para-hydroxylation sites is 2. The third-order valence-corrected chi connectivity index (χ3v) is 4.16. The first-order valence-electron chi connectivity index (χ1n) is 8.81. The van der Waals surface area contributed by atoms with Gasteiger partial charge in [-0.3, -0.25) is 4.79 Å². The number of esters is 1. The quantitative estimate of drug-likeness (QED) is 0.715. The summed E-state index contributed by atoms with van der Waals surface area (Å²) in [6.07, 6.45) is 4.12. The number of hydrogen-bond donors (Lipinski definition) is 1. The molecule has 1 aliphatic carbocycles. The van der Waals surface area contributed by atoms with E-state index in [0.29, 0.717) is 30.9 Å². The number of carbonyl (C=O) groups excluding carboxylic acids is 2. The number of nitriles is 1. The molecule has 7 heteroatoms. The van der Waals surface area contributed by atoms with E-state index in [9.17, 15) is 14.9 Å². The molecule has 1 aromatic rings. The van der Waals surface area contributed by atoms with Crippen LogP contribution >= 0.6 is 0 Å². The van der Waals surface area contributed by atoms with Gasteiger partial charge in [-0.1, -0.05) is 31.4 Å². The molecule has 26 heavy (non-hydrogen) atoms. The van der Waals surface area contributed by atoms with Gasteiger partial charge in [0, 0.05) is 0 Å². The van der Waals surface area contributed by atoms with Crippen LogP contribution in [0.4, 0.5) is 0 Å². The first kappa shape index (κ1) is 19.6. The van der Waals surface area contributed by atoms with Gasteiger partial charge in [-0.25, -0.2) is 4.79 Å². The summed E-state index contributed by atoms with van der Waals surface area (Å²) in [4.78, 5) is 23.8. The van der Waals surface area contributed by atoms with E-state index in [1.807, 2.05) is 6.92 Å². The number of amides is 1. The predicted octanol–water partition coefficient (Wildman–Crippen LogP) is 2.35. The molecular formula is C19H24N2O5. The van der Waals surface area contributed by atoms with Gasteiger partial charge in [0.05, 0.1) is 12.7 Å². The maximum atomic E-state index is 12.0. The predicted molar refractivity (Wildman–Crippen MR) is 93.6 cm³/mol. The number of nitrogens with zero attached hydrogens (tertiary/aromatic N) is 1. The van der Waals surface area contributed by atoms with Crippen LogP contribution in [0, 0.1) is 11.3 Å². The molecule has 0 spiro atoms. The molecule has 1 amide bonds. The average molecular weight is 360 g/mol. The fourth-order valence-electron chi connectivity index (χ4n) is 2.89. The smallest absolute Gasteiger partial charge is 0.344 e. The fraction of sp³-hybridized carbons (Fsp3) is 0.526. The van der Waals surface area contributed by atoms with Crippen molar-refractivity contribution < 1.29 is 23.8 Å². The first-order valence-corrected chi connectivity index (χ1v) is 8.81. The summed E-state index contributed by atoms with van der Waals surface area (Å²) >= 11 is 0. The van der Waals surface area contributed by atoms with Crippen molar-refractivity contribution in [3.63, 3.8) is 0 Å². The fourth-order valence-corrected chi connectivity index (χ4v) is 2.89. The Balaban J connectivity index is 1.76. The summed E-state index contributed by atoms with van der Waals surface area (Å²) in [5.41, 5.74) is -0.839. The Morgan fingerprint density at radius 1 is 1.12 bits per heavy atom. The molecule has 0 aliphatic heterocycles. The topological polar surface area (TPSA) is 97.7 Å². The van der Waals surface area contributed by atoms with E-state index in [1.165, 1.54) is 0 Å². The standard InChI is InChI=1S/C19H24N2O5/c1-2-24-15-8-4-5-9-16(15)25-13-18(23)26-12-17(22)21-19(14-20)10-6-3-7-11-19/h4-5,8-9H,2-3,6-7,10-13H2,1H3,(H,21,22). The summed E-state index contributed by atoms with van der Waals surface area (Å²) in [5.74, 6) is -0.173. The molecule has 0 radical (unpaired) electrons. The van der Waals surface area contributed by atoms with Crippen molar-refractivity contribution in [1.82, 2.24) is 5.32 Å².